The Balaban J connectivity index is 1.36. The van der Waals surface area contributed by atoms with Crippen LogP contribution in [0.2, 0.25) is 0 Å². The summed E-state index contributed by atoms with van der Waals surface area (Å²) in [6.45, 7) is 9.12. The summed E-state index contributed by atoms with van der Waals surface area (Å²) >= 11 is 0. The van der Waals surface area contributed by atoms with Gasteiger partial charge in [-0.15, -0.1) is 0 Å². The molecule has 8 heteroatoms. The zero-order valence-electron chi connectivity index (χ0n) is 16.1. The van der Waals surface area contributed by atoms with Gasteiger partial charge in [0.05, 0.1) is 6.20 Å². The van der Waals surface area contributed by atoms with Gasteiger partial charge in [0.2, 0.25) is 0 Å². The number of amides is 1. The van der Waals surface area contributed by atoms with E-state index in [9.17, 15) is 4.79 Å². The summed E-state index contributed by atoms with van der Waals surface area (Å²) in [7, 11) is 0. The molecule has 2 aromatic heterocycles. The Morgan fingerprint density at radius 1 is 1.26 bits per heavy atom. The lowest BCUT2D eigenvalue weighted by Gasteiger charge is -2.22. The van der Waals surface area contributed by atoms with E-state index in [1.54, 1.807) is 0 Å². The number of nitrogens with one attached hydrogen (secondary N) is 2. The number of aromatic amines is 1. The van der Waals surface area contributed by atoms with Crippen LogP contribution in [0.1, 0.15) is 47.1 Å². The van der Waals surface area contributed by atoms with Crippen molar-refractivity contribution in [3.8, 4) is 0 Å². The van der Waals surface area contributed by atoms with Crippen molar-refractivity contribution >= 4 is 5.91 Å². The highest BCUT2D eigenvalue weighted by molar-refractivity contribution is 5.94. The Morgan fingerprint density at radius 3 is 3.07 bits per heavy atom. The van der Waals surface area contributed by atoms with Crippen molar-refractivity contribution < 1.29 is 4.79 Å². The lowest BCUT2D eigenvalue weighted by atomic mass is 10.1. The van der Waals surface area contributed by atoms with Gasteiger partial charge in [0.1, 0.15) is 0 Å². The standard InChI is InChI=1S/C19H29N7O/c1-2-6-26-14-15(11-21-26)13-24-7-3-8-25(10-9-24)19(27)18-16-12-20-5-4-17(16)22-23-18/h11,14,20H,2-10,12-13H2,1H3,(H,22,23). The first kappa shape index (κ1) is 18.2. The number of H-pyrrole nitrogens is 1. The van der Waals surface area contributed by atoms with E-state index >= 15 is 0 Å². The molecule has 2 aliphatic rings. The maximum absolute atomic E-state index is 13.0. The fourth-order valence-corrected chi connectivity index (χ4v) is 3.98. The number of rotatable bonds is 5. The first-order valence-corrected chi connectivity index (χ1v) is 10.0. The molecule has 1 amide bonds. The molecule has 2 aromatic rings. The van der Waals surface area contributed by atoms with Crippen molar-refractivity contribution in [3.63, 3.8) is 0 Å². The van der Waals surface area contributed by atoms with Crippen molar-refractivity contribution in [2.75, 3.05) is 32.7 Å². The summed E-state index contributed by atoms with van der Waals surface area (Å²) in [6.07, 6.45) is 7.09. The molecule has 0 saturated carbocycles. The molecule has 2 N–H and O–H groups in total. The van der Waals surface area contributed by atoms with E-state index in [2.05, 4.69) is 38.6 Å². The Hall–Kier alpha value is -2.19. The molecule has 1 saturated heterocycles. The van der Waals surface area contributed by atoms with Crippen molar-refractivity contribution in [2.45, 2.75) is 45.8 Å². The van der Waals surface area contributed by atoms with E-state index in [-0.39, 0.29) is 5.91 Å². The summed E-state index contributed by atoms with van der Waals surface area (Å²) in [4.78, 5) is 17.4. The fourth-order valence-electron chi connectivity index (χ4n) is 3.98. The molecular weight excluding hydrogens is 342 g/mol. The molecular formula is C19H29N7O. The van der Waals surface area contributed by atoms with Crippen LogP contribution in [-0.2, 0) is 26.1 Å². The quantitative estimate of drug-likeness (QED) is 0.820. The van der Waals surface area contributed by atoms with E-state index < -0.39 is 0 Å². The third-order valence-electron chi connectivity index (χ3n) is 5.43. The van der Waals surface area contributed by atoms with E-state index in [1.165, 1.54) is 5.56 Å². The highest BCUT2D eigenvalue weighted by Crippen LogP contribution is 2.18. The van der Waals surface area contributed by atoms with Crippen LogP contribution in [0, 0.1) is 0 Å². The molecule has 0 aromatic carbocycles. The van der Waals surface area contributed by atoms with Gasteiger partial charge >= 0.3 is 0 Å². The molecule has 8 nitrogen and oxygen atoms in total. The number of carbonyl (C=O) groups is 1. The second-order valence-electron chi connectivity index (χ2n) is 7.49. The number of hydrogen-bond acceptors (Lipinski definition) is 5. The van der Waals surface area contributed by atoms with E-state index in [0.29, 0.717) is 5.69 Å². The van der Waals surface area contributed by atoms with Gasteiger partial charge in [-0.2, -0.15) is 10.2 Å². The summed E-state index contributed by atoms with van der Waals surface area (Å²) in [6, 6.07) is 0. The molecule has 0 unspecified atom stereocenters. The maximum Gasteiger partial charge on any atom is 0.274 e. The van der Waals surface area contributed by atoms with E-state index in [4.69, 9.17) is 0 Å². The lowest BCUT2D eigenvalue weighted by Crippen LogP contribution is -2.36. The number of nitrogens with zero attached hydrogens (tertiary/aromatic N) is 5. The van der Waals surface area contributed by atoms with Gasteiger partial charge in [-0.3, -0.25) is 19.5 Å². The van der Waals surface area contributed by atoms with Crippen LogP contribution in [0.4, 0.5) is 0 Å². The summed E-state index contributed by atoms with van der Waals surface area (Å²) < 4.78 is 2.01. The molecule has 2 aliphatic heterocycles. The largest absolute Gasteiger partial charge is 0.336 e. The second kappa shape index (κ2) is 8.22. The topological polar surface area (TPSA) is 82.1 Å². The Labute approximate surface area is 159 Å². The van der Waals surface area contributed by atoms with Crippen LogP contribution in [-0.4, -0.2) is 68.4 Å². The van der Waals surface area contributed by atoms with Gasteiger partial charge in [0, 0.05) is 81.8 Å². The zero-order valence-corrected chi connectivity index (χ0v) is 16.1. The Kier molecular flexibility index (Phi) is 5.54. The van der Waals surface area contributed by atoms with Crippen molar-refractivity contribution in [3.05, 3.63) is 34.9 Å². The van der Waals surface area contributed by atoms with Gasteiger partial charge in [-0.25, -0.2) is 0 Å². The van der Waals surface area contributed by atoms with Gasteiger partial charge in [0.25, 0.3) is 5.91 Å². The van der Waals surface area contributed by atoms with Crippen molar-refractivity contribution in [2.24, 2.45) is 0 Å². The average molecular weight is 371 g/mol. The van der Waals surface area contributed by atoms with Gasteiger partial charge in [-0.05, 0) is 12.8 Å². The highest BCUT2D eigenvalue weighted by atomic mass is 16.2. The molecule has 0 atom stereocenters. The third-order valence-corrected chi connectivity index (χ3v) is 5.43. The maximum atomic E-state index is 13.0. The Morgan fingerprint density at radius 2 is 2.19 bits per heavy atom. The van der Waals surface area contributed by atoms with Crippen LogP contribution in [0.15, 0.2) is 12.4 Å². The Bertz CT molecular complexity index is 781. The van der Waals surface area contributed by atoms with Crippen molar-refractivity contribution in [1.29, 1.82) is 0 Å². The molecule has 1 fully saturated rings. The molecule has 4 heterocycles. The number of aromatic nitrogens is 4. The number of carbonyl (C=O) groups excluding carboxylic acids is 1. The molecule has 27 heavy (non-hydrogen) atoms. The fraction of sp³-hybridized carbons (Fsp3) is 0.632. The first-order valence-electron chi connectivity index (χ1n) is 10.0. The molecule has 0 aliphatic carbocycles. The van der Waals surface area contributed by atoms with Gasteiger partial charge < -0.3 is 10.2 Å². The minimum absolute atomic E-state index is 0.0637. The highest BCUT2D eigenvalue weighted by Gasteiger charge is 2.27. The summed E-state index contributed by atoms with van der Waals surface area (Å²) in [5.41, 5.74) is 4.01. The average Bonchev–Trinajstić information content (AvgIpc) is 3.23. The summed E-state index contributed by atoms with van der Waals surface area (Å²) in [5.74, 6) is 0.0637. The number of aryl methyl sites for hydroxylation is 1. The van der Waals surface area contributed by atoms with Crippen LogP contribution in [0.3, 0.4) is 0 Å². The van der Waals surface area contributed by atoms with Crippen LogP contribution in [0.5, 0.6) is 0 Å². The zero-order chi connectivity index (χ0) is 18.6. The molecule has 0 spiro atoms. The first-order chi connectivity index (χ1) is 13.2. The van der Waals surface area contributed by atoms with Crippen LogP contribution < -0.4 is 5.32 Å². The predicted octanol–water partition coefficient (Wildman–Crippen LogP) is 1.01. The molecule has 0 bridgehead atoms. The van der Waals surface area contributed by atoms with Gasteiger partial charge in [-0.1, -0.05) is 6.92 Å². The monoisotopic (exact) mass is 371 g/mol. The SMILES string of the molecule is CCCn1cc(CN2CCCN(C(=O)c3n[nH]c4c3CNCC4)CC2)cn1. The number of fused-ring (bicyclic) bond motifs is 1. The smallest absolute Gasteiger partial charge is 0.274 e. The van der Waals surface area contributed by atoms with E-state index in [0.717, 1.165) is 82.9 Å². The second-order valence-corrected chi connectivity index (χ2v) is 7.49. The third kappa shape index (κ3) is 4.06. The molecule has 0 radical (unpaired) electrons. The van der Waals surface area contributed by atoms with Crippen LogP contribution >= 0.6 is 0 Å². The minimum atomic E-state index is 0.0637. The predicted molar refractivity (Wildman–Crippen MR) is 102 cm³/mol. The van der Waals surface area contributed by atoms with Gasteiger partial charge in [0.15, 0.2) is 5.69 Å². The van der Waals surface area contributed by atoms with Crippen LogP contribution in [0.25, 0.3) is 0 Å². The summed E-state index contributed by atoms with van der Waals surface area (Å²) in [5, 5.41) is 15.1. The molecule has 146 valence electrons. The van der Waals surface area contributed by atoms with E-state index in [1.807, 2.05) is 15.8 Å². The number of hydrogen-bond donors (Lipinski definition) is 2. The van der Waals surface area contributed by atoms with Crippen molar-refractivity contribution in [1.82, 2.24) is 35.1 Å². The molecule has 4 rings (SSSR count). The normalized spacial score (nSPS) is 18.3. The lowest BCUT2D eigenvalue weighted by molar-refractivity contribution is 0.0754. The minimum Gasteiger partial charge on any atom is -0.336 e.